The maximum Gasteiger partial charge on any atom is 0.258 e. The van der Waals surface area contributed by atoms with E-state index in [0.717, 1.165) is 5.56 Å². The molecule has 2 aromatic rings. The van der Waals surface area contributed by atoms with Crippen LogP contribution in [0.5, 0.6) is 11.5 Å². The summed E-state index contributed by atoms with van der Waals surface area (Å²) >= 11 is 12.2. The molecule has 9 heteroatoms. The molecule has 0 spiro atoms. The van der Waals surface area contributed by atoms with E-state index in [1.54, 1.807) is 37.3 Å². The van der Waals surface area contributed by atoms with Gasteiger partial charge in [-0.2, -0.15) is 10.2 Å². The predicted molar refractivity (Wildman–Crippen MR) is 108 cm³/mol. The fourth-order valence-corrected chi connectivity index (χ4v) is 2.85. The minimum absolute atomic E-state index is 0.142. The van der Waals surface area contributed by atoms with E-state index in [9.17, 15) is 9.59 Å². The number of halogens is 2. The van der Waals surface area contributed by atoms with Crippen LogP contribution >= 0.6 is 23.2 Å². The molecule has 2 aromatic carbocycles. The second-order valence-electron chi connectivity index (χ2n) is 5.81. The van der Waals surface area contributed by atoms with Crippen molar-refractivity contribution in [2.75, 3.05) is 19.5 Å². The van der Waals surface area contributed by atoms with E-state index in [2.05, 4.69) is 15.5 Å². The Morgan fingerprint density at radius 2 is 1.71 bits per heavy atom. The predicted octanol–water partition coefficient (Wildman–Crippen LogP) is 5.00. The highest BCUT2D eigenvalue weighted by Gasteiger charge is 2.26. The van der Waals surface area contributed by atoms with E-state index in [0.29, 0.717) is 22.2 Å². The number of methoxy groups -OCH3 is 2. The van der Waals surface area contributed by atoms with Crippen LogP contribution in [0, 0.1) is 6.92 Å². The minimum Gasteiger partial charge on any atom is -0.495 e. The zero-order valence-corrected chi connectivity index (χ0v) is 17.3. The van der Waals surface area contributed by atoms with Crippen LogP contribution in [0.25, 0.3) is 0 Å². The number of amides is 1. The maximum absolute atomic E-state index is 12.7. The number of carbonyl (C=O) groups excluding carboxylic acids is 2. The lowest BCUT2D eigenvalue weighted by Gasteiger charge is -2.15. The zero-order valence-electron chi connectivity index (χ0n) is 15.7. The van der Waals surface area contributed by atoms with Crippen LogP contribution in [0.4, 0.5) is 11.4 Å². The van der Waals surface area contributed by atoms with Crippen LogP contribution in [-0.4, -0.2) is 32.0 Å². The Hall–Kier alpha value is -2.64. The van der Waals surface area contributed by atoms with Crippen LogP contribution < -0.4 is 14.8 Å². The molecule has 0 heterocycles. The van der Waals surface area contributed by atoms with Crippen LogP contribution in [0.15, 0.2) is 40.6 Å². The van der Waals surface area contributed by atoms with Crippen molar-refractivity contribution >= 4 is 46.3 Å². The molecular formula is C19H19Cl2N3O4. The number of aryl methyl sites for hydroxylation is 1. The molecule has 1 N–H and O–H groups in total. The summed E-state index contributed by atoms with van der Waals surface area (Å²) in [6.07, 6.45) is 0. The standard InChI is InChI=1S/C19H19Cl2N3O4/c1-10-9-12(20)5-6-13(10)23-24-17(11(2)25)19(26)22-18-15(28-4)8-7-14(27-3)16(18)21/h5-9,17H,1-4H3,(H,22,26). The third kappa shape index (κ3) is 4.99. The van der Waals surface area contributed by atoms with Crippen molar-refractivity contribution in [2.24, 2.45) is 10.2 Å². The van der Waals surface area contributed by atoms with Crippen molar-refractivity contribution < 1.29 is 19.1 Å². The summed E-state index contributed by atoms with van der Waals surface area (Å²) in [5.74, 6) is -0.523. The largest absolute Gasteiger partial charge is 0.495 e. The molecule has 1 amide bonds. The molecule has 0 aromatic heterocycles. The van der Waals surface area contributed by atoms with Crippen molar-refractivity contribution in [1.29, 1.82) is 0 Å². The Balaban J connectivity index is 2.31. The van der Waals surface area contributed by atoms with Crippen molar-refractivity contribution in [1.82, 2.24) is 0 Å². The number of anilines is 1. The summed E-state index contributed by atoms with van der Waals surface area (Å²) in [6, 6.07) is 6.83. The van der Waals surface area contributed by atoms with E-state index < -0.39 is 17.7 Å². The highest BCUT2D eigenvalue weighted by molar-refractivity contribution is 6.36. The van der Waals surface area contributed by atoms with Crippen molar-refractivity contribution in [2.45, 2.75) is 19.9 Å². The Labute approximate surface area is 172 Å². The molecule has 0 saturated heterocycles. The molecule has 1 unspecified atom stereocenters. The first kappa shape index (κ1) is 21.7. The summed E-state index contributed by atoms with van der Waals surface area (Å²) in [7, 11) is 2.87. The van der Waals surface area contributed by atoms with Gasteiger partial charge in [0.1, 0.15) is 22.2 Å². The van der Waals surface area contributed by atoms with E-state index in [1.807, 2.05) is 0 Å². The number of carbonyl (C=O) groups is 2. The van der Waals surface area contributed by atoms with Gasteiger partial charge in [0, 0.05) is 5.02 Å². The van der Waals surface area contributed by atoms with Gasteiger partial charge in [-0.1, -0.05) is 23.2 Å². The molecule has 0 aliphatic heterocycles. The third-order valence-electron chi connectivity index (χ3n) is 3.83. The first-order valence-corrected chi connectivity index (χ1v) is 8.92. The van der Waals surface area contributed by atoms with Gasteiger partial charge in [0.25, 0.3) is 5.91 Å². The molecule has 2 rings (SSSR count). The van der Waals surface area contributed by atoms with Crippen LogP contribution in [0.2, 0.25) is 10.0 Å². The Bertz CT molecular complexity index is 932. The molecule has 0 saturated carbocycles. The Kier molecular flexibility index (Phi) is 7.37. The molecule has 0 aliphatic rings. The van der Waals surface area contributed by atoms with E-state index in [-0.39, 0.29) is 10.7 Å². The highest BCUT2D eigenvalue weighted by atomic mass is 35.5. The monoisotopic (exact) mass is 423 g/mol. The molecule has 28 heavy (non-hydrogen) atoms. The summed E-state index contributed by atoms with van der Waals surface area (Å²) in [4.78, 5) is 24.6. The molecular weight excluding hydrogens is 405 g/mol. The Morgan fingerprint density at radius 1 is 1.07 bits per heavy atom. The summed E-state index contributed by atoms with van der Waals surface area (Å²) in [5, 5.41) is 11.2. The SMILES string of the molecule is COc1ccc(OC)c(NC(=O)C(N=Nc2ccc(Cl)cc2C)C(C)=O)c1Cl. The lowest BCUT2D eigenvalue weighted by atomic mass is 10.2. The number of ketones is 1. The van der Waals surface area contributed by atoms with Gasteiger partial charge in [0.05, 0.1) is 19.9 Å². The van der Waals surface area contributed by atoms with E-state index >= 15 is 0 Å². The van der Waals surface area contributed by atoms with Crippen molar-refractivity contribution in [3.63, 3.8) is 0 Å². The van der Waals surface area contributed by atoms with E-state index in [4.69, 9.17) is 32.7 Å². The number of nitrogens with zero attached hydrogens (tertiary/aromatic N) is 2. The highest BCUT2D eigenvalue weighted by Crippen LogP contribution is 2.39. The smallest absolute Gasteiger partial charge is 0.258 e. The first-order valence-electron chi connectivity index (χ1n) is 8.17. The van der Waals surface area contributed by atoms with Gasteiger partial charge in [0.15, 0.2) is 5.78 Å². The quantitative estimate of drug-likeness (QED) is 0.501. The van der Waals surface area contributed by atoms with Gasteiger partial charge in [-0.25, -0.2) is 0 Å². The first-order chi connectivity index (χ1) is 13.3. The van der Waals surface area contributed by atoms with Crippen molar-refractivity contribution in [3.05, 3.63) is 45.9 Å². The third-order valence-corrected chi connectivity index (χ3v) is 4.44. The van der Waals surface area contributed by atoms with E-state index in [1.165, 1.54) is 21.1 Å². The van der Waals surface area contributed by atoms with Gasteiger partial charge in [-0.15, -0.1) is 0 Å². The second kappa shape index (κ2) is 9.52. The number of azo groups is 1. The topological polar surface area (TPSA) is 89.3 Å². The number of benzene rings is 2. The van der Waals surface area contributed by atoms with Gasteiger partial charge in [-0.3, -0.25) is 9.59 Å². The van der Waals surface area contributed by atoms with Gasteiger partial charge in [0.2, 0.25) is 6.04 Å². The van der Waals surface area contributed by atoms with Crippen LogP contribution in [-0.2, 0) is 9.59 Å². The molecule has 0 fully saturated rings. The Morgan fingerprint density at radius 3 is 2.29 bits per heavy atom. The second-order valence-corrected chi connectivity index (χ2v) is 6.62. The number of Topliss-reactive ketones (excluding diaryl/α,β-unsaturated/α-hetero) is 1. The normalized spacial score (nSPS) is 11.9. The molecule has 1 atom stereocenters. The molecule has 0 aliphatic carbocycles. The number of rotatable bonds is 7. The van der Waals surface area contributed by atoms with Crippen LogP contribution in [0.3, 0.4) is 0 Å². The van der Waals surface area contributed by atoms with Gasteiger partial charge >= 0.3 is 0 Å². The fourth-order valence-electron chi connectivity index (χ4n) is 2.34. The number of hydrogen-bond acceptors (Lipinski definition) is 6. The average Bonchev–Trinajstić information content (AvgIpc) is 2.64. The maximum atomic E-state index is 12.7. The van der Waals surface area contributed by atoms with Gasteiger partial charge < -0.3 is 14.8 Å². The minimum atomic E-state index is -1.36. The molecule has 7 nitrogen and oxygen atoms in total. The molecule has 148 valence electrons. The summed E-state index contributed by atoms with van der Waals surface area (Å²) in [5.41, 5.74) is 1.44. The fraction of sp³-hybridized carbons (Fsp3) is 0.263. The average molecular weight is 424 g/mol. The van der Waals surface area contributed by atoms with Crippen LogP contribution in [0.1, 0.15) is 12.5 Å². The number of hydrogen-bond donors (Lipinski definition) is 1. The summed E-state index contributed by atoms with van der Waals surface area (Å²) < 4.78 is 10.4. The lowest BCUT2D eigenvalue weighted by Crippen LogP contribution is -2.32. The molecule has 0 radical (unpaired) electrons. The number of nitrogens with one attached hydrogen (secondary N) is 1. The molecule has 0 bridgehead atoms. The number of ether oxygens (including phenoxy) is 2. The van der Waals surface area contributed by atoms with Crippen molar-refractivity contribution in [3.8, 4) is 11.5 Å². The summed E-state index contributed by atoms with van der Waals surface area (Å²) in [6.45, 7) is 3.05. The lowest BCUT2D eigenvalue weighted by molar-refractivity contribution is -0.126. The van der Waals surface area contributed by atoms with Gasteiger partial charge in [-0.05, 0) is 49.7 Å². The zero-order chi connectivity index (χ0) is 20.8.